The Kier molecular flexibility index (Phi) is 4.72. The van der Waals surface area contributed by atoms with Crippen LogP contribution < -0.4 is 5.46 Å². The van der Waals surface area contributed by atoms with E-state index in [0.29, 0.717) is 28.4 Å². The molecule has 1 saturated heterocycles. The first-order chi connectivity index (χ1) is 10.4. The van der Waals surface area contributed by atoms with Crippen LogP contribution >= 0.6 is 10.7 Å². The Bertz CT molecular complexity index is 726. The molecule has 1 aromatic carbocycles. The quantitative estimate of drug-likeness (QED) is 0.469. The first-order valence-corrected chi connectivity index (χ1v) is 9.71. The molecule has 0 aromatic heterocycles. The first kappa shape index (κ1) is 18.5. The van der Waals surface area contributed by atoms with Crippen molar-refractivity contribution >= 4 is 38.6 Å². The highest BCUT2D eigenvalue weighted by molar-refractivity contribution is 8.13. The summed E-state index contributed by atoms with van der Waals surface area (Å²) in [5.41, 5.74) is 1.11. The van der Waals surface area contributed by atoms with Crippen LogP contribution in [0.2, 0.25) is 0 Å². The second-order valence-corrected chi connectivity index (χ2v) is 9.57. The highest BCUT2D eigenvalue weighted by Crippen LogP contribution is 2.36. The van der Waals surface area contributed by atoms with Crippen LogP contribution in [0.5, 0.6) is 0 Å². The molecular weight excluding hydrogens is 338 g/mol. The van der Waals surface area contributed by atoms with Gasteiger partial charge >= 0.3 is 7.12 Å². The van der Waals surface area contributed by atoms with E-state index in [9.17, 15) is 13.2 Å². The van der Waals surface area contributed by atoms with E-state index in [1.165, 1.54) is 6.07 Å². The minimum Gasteiger partial charge on any atom is -0.399 e. The third-order valence-corrected chi connectivity index (χ3v) is 5.53. The van der Waals surface area contributed by atoms with Crippen molar-refractivity contribution in [3.63, 3.8) is 0 Å². The molecule has 23 heavy (non-hydrogen) atoms. The molecule has 1 aliphatic rings. The predicted octanol–water partition coefficient (Wildman–Crippen LogP) is 2.18. The van der Waals surface area contributed by atoms with Gasteiger partial charge in [0.15, 0.2) is 0 Å². The van der Waals surface area contributed by atoms with Crippen LogP contribution in [-0.2, 0) is 24.1 Å². The summed E-state index contributed by atoms with van der Waals surface area (Å²) in [5.74, 6) is -0.359. The average Bonchev–Trinajstić information content (AvgIpc) is 2.58. The standard InChI is InChI=1S/C15H20BClO5S/c1-10-12(8-18)6-11(9-23(17,19)20)7-13(10)16-21-14(2,3)15(4,5)22-16/h6-8H,9H2,1-5H3. The fraction of sp³-hybridized carbons (Fsp3) is 0.533. The molecule has 0 atom stereocenters. The number of hydrogen-bond acceptors (Lipinski definition) is 5. The van der Waals surface area contributed by atoms with Gasteiger partial charge in [0.2, 0.25) is 9.05 Å². The molecule has 0 bridgehead atoms. The lowest BCUT2D eigenvalue weighted by Crippen LogP contribution is -2.41. The monoisotopic (exact) mass is 358 g/mol. The van der Waals surface area contributed by atoms with Crippen molar-refractivity contribution in [2.75, 3.05) is 0 Å². The molecule has 0 amide bonds. The molecule has 0 unspecified atom stereocenters. The highest BCUT2D eigenvalue weighted by Gasteiger charge is 2.52. The summed E-state index contributed by atoms with van der Waals surface area (Å²) in [5, 5.41) is 0. The Morgan fingerprint density at radius 3 is 2.13 bits per heavy atom. The summed E-state index contributed by atoms with van der Waals surface area (Å²) >= 11 is 0. The zero-order chi connectivity index (χ0) is 17.6. The largest absolute Gasteiger partial charge is 0.495 e. The zero-order valence-electron chi connectivity index (χ0n) is 13.8. The van der Waals surface area contributed by atoms with E-state index in [1.54, 1.807) is 13.0 Å². The van der Waals surface area contributed by atoms with Crippen molar-refractivity contribution in [3.8, 4) is 0 Å². The number of benzene rings is 1. The summed E-state index contributed by atoms with van der Waals surface area (Å²) in [6, 6.07) is 3.20. The van der Waals surface area contributed by atoms with Crippen LogP contribution in [0.4, 0.5) is 0 Å². The molecule has 1 aromatic rings. The third kappa shape index (κ3) is 3.79. The Morgan fingerprint density at radius 1 is 1.17 bits per heavy atom. The zero-order valence-corrected chi connectivity index (χ0v) is 15.4. The van der Waals surface area contributed by atoms with Crippen LogP contribution in [0.3, 0.4) is 0 Å². The van der Waals surface area contributed by atoms with Crippen LogP contribution in [-0.4, -0.2) is 33.0 Å². The molecule has 126 valence electrons. The van der Waals surface area contributed by atoms with Gasteiger partial charge in [0.1, 0.15) is 6.29 Å². The van der Waals surface area contributed by atoms with Crippen LogP contribution in [0.25, 0.3) is 0 Å². The molecule has 1 heterocycles. The van der Waals surface area contributed by atoms with Gasteiger partial charge in [-0.15, -0.1) is 0 Å². The smallest absolute Gasteiger partial charge is 0.399 e. The van der Waals surface area contributed by atoms with E-state index in [-0.39, 0.29) is 5.75 Å². The van der Waals surface area contributed by atoms with E-state index >= 15 is 0 Å². The van der Waals surface area contributed by atoms with Gasteiger partial charge < -0.3 is 9.31 Å². The minimum atomic E-state index is -3.73. The van der Waals surface area contributed by atoms with Gasteiger partial charge in [0.05, 0.1) is 17.0 Å². The third-order valence-electron chi connectivity index (χ3n) is 4.52. The Morgan fingerprint density at radius 2 is 1.70 bits per heavy atom. The second kappa shape index (κ2) is 5.88. The van der Waals surface area contributed by atoms with E-state index in [2.05, 4.69) is 0 Å². The van der Waals surface area contributed by atoms with Crippen molar-refractivity contribution in [2.24, 2.45) is 0 Å². The first-order valence-electron chi connectivity index (χ1n) is 7.23. The van der Waals surface area contributed by atoms with E-state index in [0.717, 1.165) is 0 Å². The molecule has 8 heteroatoms. The summed E-state index contributed by atoms with van der Waals surface area (Å²) in [4.78, 5) is 11.3. The van der Waals surface area contributed by atoms with Gasteiger partial charge in [-0.25, -0.2) is 8.42 Å². The average molecular weight is 359 g/mol. The van der Waals surface area contributed by atoms with Crippen molar-refractivity contribution in [2.45, 2.75) is 51.6 Å². The van der Waals surface area contributed by atoms with Crippen LogP contribution in [0, 0.1) is 6.92 Å². The molecule has 5 nitrogen and oxygen atoms in total. The van der Waals surface area contributed by atoms with Crippen LogP contribution in [0.15, 0.2) is 12.1 Å². The van der Waals surface area contributed by atoms with Crippen molar-refractivity contribution < 1.29 is 22.5 Å². The number of hydrogen-bond donors (Lipinski definition) is 0. The minimum absolute atomic E-state index is 0.359. The van der Waals surface area contributed by atoms with Crippen molar-refractivity contribution in [3.05, 3.63) is 28.8 Å². The Hall–Kier alpha value is -0.885. The summed E-state index contributed by atoms with van der Waals surface area (Å²) in [6.07, 6.45) is 0.689. The van der Waals surface area contributed by atoms with Gasteiger partial charge in [0.25, 0.3) is 0 Å². The van der Waals surface area contributed by atoms with Crippen LogP contribution in [0.1, 0.15) is 49.2 Å². The molecule has 0 radical (unpaired) electrons. The molecule has 1 fully saturated rings. The number of carbonyl (C=O) groups excluding carboxylic acids is 1. The maximum Gasteiger partial charge on any atom is 0.495 e. The van der Waals surface area contributed by atoms with Gasteiger partial charge in [-0.2, -0.15) is 0 Å². The Balaban J connectivity index is 2.50. The van der Waals surface area contributed by atoms with Gasteiger partial charge in [-0.3, -0.25) is 4.79 Å². The maximum atomic E-state index is 11.3. The predicted molar refractivity (Wildman–Crippen MR) is 90.8 cm³/mol. The molecule has 0 saturated carbocycles. The molecule has 2 rings (SSSR count). The fourth-order valence-corrected chi connectivity index (χ4v) is 3.39. The van der Waals surface area contributed by atoms with Gasteiger partial charge in [0, 0.05) is 16.2 Å². The molecule has 0 aliphatic carbocycles. The number of carbonyl (C=O) groups is 1. The van der Waals surface area contributed by atoms with Crippen molar-refractivity contribution in [1.82, 2.24) is 0 Å². The van der Waals surface area contributed by atoms with E-state index in [1.807, 2.05) is 27.7 Å². The highest BCUT2D eigenvalue weighted by atomic mass is 35.7. The molecule has 1 aliphatic heterocycles. The number of rotatable bonds is 4. The van der Waals surface area contributed by atoms with E-state index < -0.39 is 27.4 Å². The summed E-state index contributed by atoms with van der Waals surface area (Å²) in [6.45, 7) is 9.49. The molecular formula is C15H20BClO5S. The topological polar surface area (TPSA) is 69.7 Å². The fourth-order valence-electron chi connectivity index (χ4n) is 2.44. The van der Waals surface area contributed by atoms with Gasteiger partial charge in [-0.1, -0.05) is 6.07 Å². The molecule has 0 spiro atoms. The number of aldehydes is 1. The maximum absolute atomic E-state index is 11.3. The van der Waals surface area contributed by atoms with E-state index in [4.69, 9.17) is 20.0 Å². The lowest BCUT2D eigenvalue weighted by Gasteiger charge is -2.32. The lowest BCUT2D eigenvalue weighted by molar-refractivity contribution is 0.00578. The second-order valence-electron chi connectivity index (χ2n) is 6.79. The SMILES string of the molecule is Cc1c(C=O)cc(CS(=O)(=O)Cl)cc1B1OC(C)(C)C(C)(C)O1. The summed E-state index contributed by atoms with van der Waals surface area (Å²) < 4.78 is 34.7. The number of halogens is 1. The molecule has 0 N–H and O–H groups in total. The van der Waals surface area contributed by atoms with Crippen molar-refractivity contribution in [1.29, 1.82) is 0 Å². The normalized spacial score (nSPS) is 19.8. The summed E-state index contributed by atoms with van der Waals surface area (Å²) in [7, 11) is 0.931. The van der Waals surface area contributed by atoms with Gasteiger partial charge in [-0.05, 0) is 57.3 Å². The lowest BCUT2D eigenvalue weighted by atomic mass is 9.74. The Labute approximate surface area is 141 Å².